The molecule has 2 N–H and O–H groups in total. The quantitative estimate of drug-likeness (QED) is 0.869. The van der Waals surface area contributed by atoms with Gasteiger partial charge < -0.3 is 10.1 Å². The van der Waals surface area contributed by atoms with Gasteiger partial charge in [0.25, 0.3) is 0 Å². The summed E-state index contributed by atoms with van der Waals surface area (Å²) in [5.41, 5.74) is 2.16. The van der Waals surface area contributed by atoms with E-state index in [4.69, 9.17) is 4.74 Å². The number of sulfonamides is 1. The Morgan fingerprint density at radius 1 is 1.21 bits per heavy atom. The van der Waals surface area contributed by atoms with Crippen molar-refractivity contribution >= 4 is 21.6 Å². The summed E-state index contributed by atoms with van der Waals surface area (Å²) in [7, 11) is -2.11. The first-order valence-corrected chi connectivity index (χ1v) is 8.96. The van der Waals surface area contributed by atoms with E-state index in [1.54, 1.807) is 44.4 Å². The number of carbonyl (C=O) groups excluding carboxylic acids is 1. The molecular formula is C17H18N2O4S. The van der Waals surface area contributed by atoms with Gasteiger partial charge in [-0.1, -0.05) is 12.1 Å². The van der Waals surface area contributed by atoms with Gasteiger partial charge in [-0.3, -0.25) is 4.79 Å². The van der Waals surface area contributed by atoms with Gasteiger partial charge >= 0.3 is 0 Å². The number of methoxy groups -OCH3 is 1. The maximum absolute atomic E-state index is 12.5. The third-order valence-electron chi connectivity index (χ3n) is 4.05. The van der Waals surface area contributed by atoms with E-state index in [2.05, 4.69) is 10.0 Å². The fourth-order valence-corrected chi connectivity index (χ4v) is 3.66. The monoisotopic (exact) mass is 346 g/mol. The minimum Gasteiger partial charge on any atom is -0.497 e. The Hall–Kier alpha value is -2.38. The normalized spacial score (nSPS) is 16.6. The van der Waals surface area contributed by atoms with Crippen LogP contribution in [0.2, 0.25) is 0 Å². The highest BCUT2D eigenvalue weighted by atomic mass is 32.2. The van der Waals surface area contributed by atoms with Crippen molar-refractivity contribution in [2.24, 2.45) is 0 Å². The molecule has 0 aliphatic carbocycles. The lowest BCUT2D eigenvalue weighted by Gasteiger charge is -2.10. The first-order chi connectivity index (χ1) is 11.4. The number of benzene rings is 2. The van der Waals surface area contributed by atoms with Crippen LogP contribution in [-0.2, 0) is 21.4 Å². The standard InChI is InChI=1S/C17H18N2O4S/c1-11-15-9-14(6-7-16(15)19-17(11)20)24(21,22)18-10-12-4-3-5-13(8-12)23-2/h3-9,11,18H,10H2,1-2H3,(H,19,20)/t11-/m1/s1. The molecule has 126 valence electrons. The third-order valence-corrected chi connectivity index (χ3v) is 5.45. The van der Waals surface area contributed by atoms with E-state index in [0.29, 0.717) is 17.0 Å². The zero-order chi connectivity index (χ0) is 17.3. The van der Waals surface area contributed by atoms with E-state index in [-0.39, 0.29) is 23.3 Å². The summed E-state index contributed by atoms with van der Waals surface area (Å²) in [6.45, 7) is 1.91. The molecule has 0 spiro atoms. The lowest BCUT2D eigenvalue weighted by atomic mass is 10.0. The molecule has 6 nitrogen and oxygen atoms in total. The summed E-state index contributed by atoms with van der Waals surface area (Å²) in [6, 6.07) is 11.8. The maximum Gasteiger partial charge on any atom is 0.240 e. The Kier molecular flexibility index (Phi) is 4.29. The Bertz CT molecular complexity index is 893. The number of rotatable bonds is 5. The summed E-state index contributed by atoms with van der Waals surface area (Å²) < 4.78 is 32.7. The molecule has 3 rings (SSSR count). The molecule has 2 aromatic carbocycles. The van der Waals surface area contributed by atoms with E-state index in [9.17, 15) is 13.2 Å². The summed E-state index contributed by atoms with van der Waals surface area (Å²) >= 11 is 0. The van der Waals surface area contributed by atoms with Crippen molar-refractivity contribution in [3.63, 3.8) is 0 Å². The Morgan fingerprint density at radius 2 is 2.00 bits per heavy atom. The van der Waals surface area contributed by atoms with Crippen molar-refractivity contribution in [3.05, 3.63) is 53.6 Å². The number of fused-ring (bicyclic) bond motifs is 1. The Morgan fingerprint density at radius 3 is 2.75 bits per heavy atom. The topological polar surface area (TPSA) is 84.5 Å². The molecule has 0 saturated heterocycles. The highest BCUT2D eigenvalue weighted by Crippen LogP contribution is 2.33. The number of hydrogen-bond acceptors (Lipinski definition) is 4. The second-order valence-corrected chi connectivity index (χ2v) is 7.40. The molecule has 0 unspecified atom stereocenters. The van der Waals surface area contributed by atoms with Crippen LogP contribution in [0.1, 0.15) is 24.0 Å². The van der Waals surface area contributed by atoms with E-state index < -0.39 is 10.0 Å². The smallest absolute Gasteiger partial charge is 0.240 e. The predicted octanol–water partition coefficient (Wildman–Crippen LogP) is 2.23. The number of anilines is 1. The minimum absolute atomic E-state index is 0.121. The van der Waals surface area contributed by atoms with Crippen LogP contribution in [0.25, 0.3) is 0 Å². The minimum atomic E-state index is -3.67. The molecule has 1 atom stereocenters. The van der Waals surface area contributed by atoms with Crippen LogP contribution < -0.4 is 14.8 Å². The number of hydrogen-bond donors (Lipinski definition) is 2. The largest absolute Gasteiger partial charge is 0.497 e. The van der Waals surface area contributed by atoms with Gasteiger partial charge in [0.2, 0.25) is 15.9 Å². The van der Waals surface area contributed by atoms with E-state index in [1.807, 2.05) is 6.07 Å². The molecule has 1 heterocycles. The molecule has 7 heteroatoms. The first-order valence-electron chi connectivity index (χ1n) is 7.48. The van der Waals surface area contributed by atoms with Crippen LogP contribution in [0, 0.1) is 0 Å². The lowest BCUT2D eigenvalue weighted by molar-refractivity contribution is -0.116. The molecule has 2 aromatic rings. The van der Waals surface area contributed by atoms with Gasteiger partial charge in [-0.15, -0.1) is 0 Å². The fraction of sp³-hybridized carbons (Fsp3) is 0.235. The van der Waals surface area contributed by atoms with Crippen molar-refractivity contribution < 1.29 is 17.9 Å². The van der Waals surface area contributed by atoms with Crippen LogP contribution >= 0.6 is 0 Å². The third kappa shape index (κ3) is 3.13. The molecule has 0 bridgehead atoms. The molecular weight excluding hydrogens is 328 g/mol. The molecule has 24 heavy (non-hydrogen) atoms. The van der Waals surface area contributed by atoms with Gasteiger partial charge in [0.1, 0.15) is 5.75 Å². The Balaban J connectivity index is 1.80. The average Bonchev–Trinajstić information content (AvgIpc) is 2.87. The zero-order valence-electron chi connectivity index (χ0n) is 13.4. The second kappa shape index (κ2) is 6.26. The van der Waals surface area contributed by atoms with E-state index in [1.165, 1.54) is 6.07 Å². The molecule has 0 fully saturated rings. The summed E-state index contributed by atoms with van der Waals surface area (Å²) in [4.78, 5) is 11.8. The number of nitrogens with one attached hydrogen (secondary N) is 2. The van der Waals surface area contributed by atoms with Crippen LogP contribution in [0.3, 0.4) is 0 Å². The van der Waals surface area contributed by atoms with Crippen LogP contribution in [0.5, 0.6) is 5.75 Å². The lowest BCUT2D eigenvalue weighted by Crippen LogP contribution is -2.23. The fourth-order valence-electron chi connectivity index (χ4n) is 2.61. The summed E-state index contributed by atoms with van der Waals surface area (Å²) in [5.74, 6) is 0.195. The number of amides is 1. The van der Waals surface area contributed by atoms with Crippen LogP contribution in [-0.4, -0.2) is 21.4 Å². The number of carbonyl (C=O) groups is 1. The second-order valence-electron chi connectivity index (χ2n) is 5.64. The van der Waals surface area contributed by atoms with Gasteiger partial charge in [-0.05, 0) is 48.4 Å². The van der Waals surface area contributed by atoms with Crippen molar-refractivity contribution in [3.8, 4) is 5.75 Å². The molecule has 1 amide bonds. The zero-order valence-corrected chi connectivity index (χ0v) is 14.2. The van der Waals surface area contributed by atoms with Crippen molar-refractivity contribution in [1.82, 2.24) is 4.72 Å². The van der Waals surface area contributed by atoms with Gasteiger partial charge in [0, 0.05) is 12.2 Å². The molecule has 1 aliphatic heterocycles. The van der Waals surface area contributed by atoms with Crippen molar-refractivity contribution in [2.45, 2.75) is 24.3 Å². The van der Waals surface area contributed by atoms with Crippen molar-refractivity contribution in [1.29, 1.82) is 0 Å². The SMILES string of the molecule is COc1cccc(CNS(=O)(=O)c2ccc3c(c2)[C@@H](C)C(=O)N3)c1. The molecule has 0 radical (unpaired) electrons. The molecule has 1 aliphatic rings. The predicted molar refractivity (Wildman–Crippen MR) is 90.5 cm³/mol. The van der Waals surface area contributed by atoms with Gasteiger partial charge in [-0.25, -0.2) is 13.1 Å². The van der Waals surface area contributed by atoms with Gasteiger partial charge in [0.05, 0.1) is 17.9 Å². The molecule has 0 saturated carbocycles. The van der Waals surface area contributed by atoms with Crippen LogP contribution in [0.4, 0.5) is 5.69 Å². The first kappa shape index (κ1) is 16.5. The van der Waals surface area contributed by atoms with Gasteiger partial charge in [0.15, 0.2) is 0 Å². The van der Waals surface area contributed by atoms with Crippen molar-refractivity contribution in [2.75, 3.05) is 12.4 Å². The molecule has 0 aromatic heterocycles. The Labute approximate surface area is 140 Å². The summed E-state index contributed by atoms with van der Waals surface area (Å²) in [5, 5.41) is 2.73. The number of ether oxygens (including phenoxy) is 1. The maximum atomic E-state index is 12.5. The van der Waals surface area contributed by atoms with Gasteiger partial charge in [-0.2, -0.15) is 0 Å². The highest BCUT2D eigenvalue weighted by Gasteiger charge is 2.28. The van der Waals surface area contributed by atoms with E-state index in [0.717, 1.165) is 5.56 Å². The summed E-state index contributed by atoms with van der Waals surface area (Å²) in [6.07, 6.45) is 0. The van der Waals surface area contributed by atoms with E-state index >= 15 is 0 Å². The van der Waals surface area contributed by atoms with Crippen LogP contribution in [0.15, 0.2) is 47.4 Å². The average molecular weight is 346 g/mol. The highest BCUT2D eigenvalue weighted by molar-refractivity contribution is 7.89.